The van der Waals surface area contributed by atoms with Crippen LogP contribution in [0, 0.1) is 5.92 Å². The summed E-state index contributed by atoms with van der Waals surface area (Å²) in [5, 5.41) is 3.33. The molecule has 2 fully saturated rings. The van der Waals surface area contributed by atoms with E-state index in [4.69, 9.17) is 5.73 Å². The van der Waals surface area contributed by atoms with Gasteiger partial charge >= 0.3 is 0 Å². The van der Waals surface area contributed by atoms with Gasteiger partial charge in [0, 0.05) is 13.1 Å². The first-order chi connectivity index (χ1) is 8.09. The molecular formula is C12H21N3O2. The number of hydrogen-bond acceptors (Lipinski definition) is 3. The Morgan fingerprint density at radius 2 is 2.29 bits per heavy atom. The van der Waals surface area contributed by atoms with Gasteiger partial charge in [-0.3, -0.25) is 9.59 Å². The Kier molecular flexibility index (Phi) is 3.38. The molecule has 0 aromatic heterocycles. The fraction of sp³-hybridized carbons (Fsp3) is 0.833. The Morgan fingerprint density at radius 1 is 1.53 bits per heavy atom. The molecule has 0 saturated carbocycles. The highest BCUT2D eigenvalue weighted by Gasteiger charge is 2.43. The number of rotatable bonds is 3. The van der Waals surface area contributed by atoms with Gasteiger partial charge in [0.15, 0.2) is 0 Å². The Labute approximate surface area is 102 Å². The summed E-state index contributed by atoms with van der Waals surface area (Å²) < 4.78 is 0. The lowest BCUT2D eigenvalue weighted by molar-refractivity contribution is -0.137. The van der Waals surface area contributed by atoms with Crippen LogP contribution in [0.3, 0.4) is 0 Å². The zero-order chi connectivity index (χ0) is 12.5. The number of nitrogens with two attached hydrogens (primary N) is 1. The molecule has 2 saturated heterocycles. The average Bonchev–Trinajstić information content (AvgIpc) is 2.98. The summed E-state index contributed by atoms with van der Waals surface area (Å²) in [5.41, 5.74) is 4.90. The largest absolute Gasteiger partial charge is 0.369 e. The van der Waals surface area contributed by atoms with Crippen molar-refractivity contribution < 1.29 is 9.59 Å². The van der Waals surface area contributed by atoms with Crippen LogP contribution in [0.25, 0.3) is 0 Å². The standard InChI is InChI=1S/C12H21N3O2/c1-2-12(5-3-6-14-12)11(17)15-7-4-9(8-15)10(13)16/h9,14H,2-8H2,1H3,(H2,13,16). The fourth-order valence-electron chi connectivity index (χ4n) is 2.92. The highest BCUT2D eigenvalue weighted by atomic mass is 16.2. The minimum Gasteiger partial charge on any atom is -0.369 e. The summed E-state index contributed by atoms with van der Waals surface area (Å²) in [7, 11) is 0. The zero-order valence-electron chi connectivity index (χ0n) is 10.4. The maximum atomic E-state index is 12.5. The van der Waals surface area contributed by atoms with Gasteiger partial charge in [0.25, 0.3) is 0 Å². The zero-order valence-corrected chi connectivity index (χ0v) is 10.4. The van der Waals surface area contributed by atoms with Gasteiger partial charge in [0.05, 0.1) is 11.5 Å². The highest BCUT2D eigenvalue weighted by molar-refractivity contribution is 5.88. The van der Waals surface area contributed by atoms with E-state index < -0.39 is 0 Å². The molecule has 5 heteroatoms. The van der Waals surface area contributed by atoms with E-state index in [9.17, 15) is 9.59 Å². The van der Waals surface area contributed by atoms with E-state index in [0.717, 1.165) is 25.8 Å². The molecule has 2 aliphatic rings. The SMILES string of the molecule is CCC1(C(=O)N2CCC(C(N)=O)C2)CCCN1. The molecule has 2 amide bonds. The number of carbonyl (C=O) groups is 2. The van der Waals surface area contributed by atoms with Crippen LogP contribution < -0.4 is 11.1 Å². The second-order valence-corrected chi connectivity index (χ2v) is 5.11. The van der Waals surface area contributed by atoms with Crippen molar-refractivity contribution in [3.05, 3.63) is 0 Å². The number of likely N-dealkylation sites (tertiary alicyclic amines) is 1. The molecule has 5 nitrogen and oxygen atoms in total. The van der Waals surface area contributed by atoms with Gasteiger partial charge in [-0.05, 0) is 32.2 Å². The summed E-state index contributed by atoms with van der Waals surface area (Å²) in [5.74, 6) is -0.291. The Hall–Kier alpha value is -1.10. The molecule has 2 unspecified atom stereocenters. The summed E-state index contributed by atoms with van der Waals surface area (Å²) in [6.45, 7) is 4.11. The molecule has 2 atom stereocenters. The molecule has 0 spiro atoms. The third-order valence-electron chi connectivity index (χ3n) is 4.13. The quantitative estimate of drug-likeness (QED) is 0.719. The number of carbonyl (C=O) groups excluding carboxylic acids is 2. The molecule has 17 heavy (non-hydrogen) atoms. The predicted octanol–water partition coefficient (Wildman–Crippen LogP) is -0.148. The van der Waals surface area contributed by atoms with Crippen LogP contribution in [0.1, 0.15) is 32.6 Å². The summed E-state index contributed by atoms with van der Waals surface area (Å²) >= 11 is 0. The van der Waals surface area contributed by atoms with Crippen LogP contribution in [-0.2, 0) is 9.59 Å². The normalized spacial score (nSPS) is 33.0. The van der Waals surface area contributed by atoms with Crippen molar-refractivity contribution in [2.24, 2.45) is 11.7 Å². The van der Waals surface area contributed by atoms with E-state index >= 15 is 0 Å². The lowest BCUT2D eigenvalue weighted by Gasteiger charge is -2.31. The first-order valence-electron chi connectivity index (χ1n) is 6.43. The molecule has 2 rings (SSSR count). The molecule has 0 bridgehead atoms. The van der Waals surface area contributed by atoms with Crippen LogP contribution in [0.4, 0.5) is 0 Å². The van der Waals surface area contributed by atoms with Crippen LogP contribution in [0.5, 0.6) is 0 Å². The number of amides is 2. The lowest BCUT2D eigenvalue weighted by atomic mass is 9.92. The van der Waals surface area contributed by atoms with Crippen LogP contribution >= 0.6 is 0 Å². The Balaban J connectivity index is 2.03. The van der Waals surface area contributed by atoms with E-state index in [1.165, 1.54) is 0 Å². The maximum Gasteiger partial charge on any atom is 0.242 e. The minimum atomic E-state index is -0.382. The molecule has 0 aliphatic carbocycles. The van der Waals surface area contributed by atoms with E-state index in [-0.39, 0.29) is 23.3 Å². The third-order valence-corrected chi connectivity index (χ3v) is 4.13. The van der Waals surface area contributed by atoms with Gasteiger partial charge in [0.2, 0.25) is 11.8 Å². The van der Waals surface area contributed by atoms with Crippen molar-refractivity contribution in [3.8, 4) is 0 Å². The lowest BCUT2D eigenvalue weighted by Crippen LogP contribution is -2.54. The summed E-state index contributed by atoms with van der Waals surface area (Å²) in [6.07, 6.45) is 3.47. The van der Waals surface area contributed by atoms with Crippen molar-refractivity contribution >= 4 is 11.8 Å². The smallest absolute Gasteiger partial charge is 0.242 e. The van der Waals surface area contributed by atoms with Crippen molar-refractivity contribution in [2.75, 3.05) is 19.6 Å². The van der Waals surface area contributed by atoms with E-state index in [2.05, 4.69) is 5.32 Å². The van der Waals surface area contributed by atoms with E-state index in [1.54, 1.807) is 4.90 Å². The minimum absolute atomic E-state index is 0.154. The topological polar surface area (TPSA) is 75.4 Å². The third kappa shape index (κ3) is 2.16. The van der Waals surface area contributed by atoms with Gasteiger partial charge in [-0.25, -0.2) is 0 Å². The Morgan fingerprint density at radius 3 is 2.76 bits per heavy atom. The number of primary amides is 1. The highest BCUT2D eigenvalue weighted by Crippen LogP contribution is 2.28. The van der Waals surface area contributed by atoms with E-state index in [1.807, 2.05) is 6.92 Å². The van der Waals surface area contributed by atoms with Gasteiger partial charge < -0.3 is 16.0 Å². The van der Waals surface area contributed by atoms with Gasteiger partial charge in [-0.2, -0.15) is 0 Å². The number of nitrogens with one attached hydrogen (secondary N) is 1. The van der Waals surface area contributed by atoms with Gasteiger partial charge in [-0.15, -0.1) is 0 Å². The first kappa shape index (κ1) is 12.4. The van der Waals surface area contributed by atoms with Gasteiger partial charge in [-0.1, -0.05) is 6.92 Å². The molecule has 2 aliphatic heterocycles. The Bertz CT molecular complexity index is 324. The van der Waals surface area contributed by atoms with Crippen LogP contribution in [-0.4, -0.2) is 41.9 Å². The van der Waals surface area contributed by atoms with Crippen molar-refractivity contribution in [2.45, 2.75) is 38.1 Å². The second-order valence-electron chi connectivity index (χ2n) is 5.11. The number of nitrogens with zero attached hydrogens (tertiary/aromatic N) is 1. The molecule has 3 N–H and O–H groups in total. The molecular weight excluding hydrogens is 218 g/mol. The van der Waals surface area contributed by atoms with Crippen molar-refractivity contribution in [3.63, 3.8) is 0 Å². The van der Waals surface area contributed by atoms with Crippen molar-refractivity contribution in [1.82, 2.24) is 10.2 Å². The molecule has 0 radical (unpaired) electrons. The average molecular weight is 239 g/mol. The van der Waals surface area contributed by atoms with E-state index in [0.29, 0.717) is 19.5 Å². The molecule has 0 aromatic carbocycles. The monoisotopic (exact) mass is 239 g/mol. The van der Waals surface area contributed by atoms with Gasteiger partial charge in [0.1, 0.15) is 0 Å². The first-order valence-corrected chi connectivity index (χ1v) is 6.43. The molecule has 96 valence electrons. The predicted molar refractivity (Wildman–Crippen MR) is 64.1 cm³/mol. The van der Waals surface area contributed by atoms with Crippen molar-refractivity contribution in [1.29, 1.82) is 0 Å². The number of hydrogen-bond donors (Lipinski definition) is 2. The summed E-state index contributed by atoms with van der Waals surface area (Å²) in [4.78, 5) is 25.4. The second kappa shape index (κ2) is 4.64. The fourth-order valence-corrected chi connectivity index (χ4v) is 2.92. The van der Waals surface area contributed by atoms with Crippen LogP contribution in [0.2, 0.25) is 0 Å². The molecule has 2 heterocycles. The maximum absolute atomic E-state index is 12.5. The summed E-state index contributed by atoms with van der Waals surface area (Å²) in [6, 6.07) is 0. The molecule has 0 aromatic rings. The van der Waals surface area contributed by atoms with Crippen LogP contribution in [0.15, 0.2) is 0 Å².